The van der Waals surface area contributed by atoms with Crippen LogP contribution >= 0.6 is 0 Å². The summed E-state index contributed by atoms with van der Waals surface area (Å²) in [5, 5.41) is 0.949. The zero-order valence-electron chi connectivity index (χ0n) is 9.40. The van der Waals surface area contributed by atoms with E-state index >= 15 is 0 Å². The molecule has 0 heterocycles. The third kappa shape index (κ3) is 3.71. The van der Waals surface area contributed by atoms with Gasteiger partial charge >= 0.3 is 9.28 Å². The molecule has 0 aromatic heterocycles. The van der Waals surface area contributed by atoms with Gasteiger partial charge < -0.3 is 8.85 Å². The van der Waals surface area contributed by atoms with Gasteiger partial charge in [-0.15, -0.1) is 0 Å². The van der Waals surface area contributed by atoms with Crippen LogP contribution in [0.3, 0.4) is 0 Å². The number of rotatable bonds is 6. The molecule has 0 atom stereocenters. The summed E-state index contributed by atoms with van der Waals surface area (Å²) < 4.78 is 11.1. The minimum Gasteiger partial charge on any atom is -0.390 e. The van der Waals surface area contributed by atoms with Crippen LogP contribution in [0.2, 0.25) is 0 Å². The van der Waals surface area contributed by atoms with Crippen molar-refractivity contribution in [1.82, 2.24) is 0 Å². The van der Waals surface area contributed by atoms with Crippen LogP contribution in [-0.2, 0) is 13.6 Å². The predicted molar refractivity (Wildman–Crippen MR) is 62.9 cm³/mol. The Hall–Kier alpha value is -1.26. The van der Waals surface area contributed by atoms with Crippen molar-refractivity contribution in [2.45, 2.75) is 13.8 Å². The van der Waals surface area contributed by atoms with E-state index in [1.54, 1.807) is 12.1 Å². The monoisotopic (exact) mass is 236 g/mol. The van der Waals surface area contributed by atoms with Crippen molar-refractivity contribution in [1.29, 1.82) is 0 Å². The molecule has 0 aliphatic rings. The third-order valence-corrected chi connectivity index (χ3v) is 3.69. The third-order valence-electron chi connectivity index (χ3n) is 1.81. The Kier molecular flexibility index (Phi) is 5.67. The Labute approximate surface area is 96.8 Å². The average Bonchev–Trinajstić information content (AvgIpc) is 2.30. The summed E-state index contributed by atoms with van der Waals surface area (Å²) >= 11 is 0. The van der Waals surface area contributed by atoms with Crippen LogP contribution in [0.5, 0.6) is 0 Å². The highest BCUT2D eigenvalue weighted by molar-refractivity contribution is 6.61. The lowest BCUT2D eigenvalue weighted by Crippen LogP contribution is -2.36. The van der Waals surface area contributed by atoms with E-state index < -0.39 is 9.28 Å². The van der Waals surface area contributed by atoms with Crippen LogP contribution in [0.25, 0.3) is 0 Å². The number of aliphatic imine (C=N–C) groups is 1. The highest BCUT2D eigenvalue weighted by Crippen LogP contribution is 2.08. The Bertz CT molecular complexity index is 371. The molecular weight excluding hydrogens is 222 g/mol. The lowest BCUT2D eigenvalue weighted by Gasteiger charge is -2.13. The highest BCUT2D eigenvalue weighted by Gasteiger charge is 2.18. The van der Waals surface area contributed by atoms with Crippen molar-refractivity contribution in [3.63, 3.8) is 0 Å². The minimum absolute atomic E-state index is 0.578. The van der Waals surface area contributed by atoms with Crippen molar-refractivity contribution >= 4 is 26.2 Å². The lowest BCUT2D eigenvalue weighted by atomic mass is 10.3. The maximum absolute atomic E-state index is 10.2. The molecule has 0 saturated heterocycles. The quantitative estimate of drug-likeness (QED) is 0.426. The second-order valence-electron chi connectivity index (χ2n) is 2.91. The van der Waals surface area contributed by atoms with E-state index in [0.717, 1.165) is 5.19 Å². The molecule has 5 heteroatoms. The number of hydrogen-bond donors (Lipinski definition) is 0. The van der Waals surface area contributed by atoms with Crippen LogP contribution < -0.4 is 5.19 Å². The summed E-state index contributed by atoms with van der Waals surface area (Å²) in [5.41, 5.74) is 0.578. The van der Waals surface area contributed by atoms with E-state index in [1.807, 2.05) is 26.0 Å². The molecule has 0 aliphatic heterocycles. The van der Waals surface area contributed by atoms with Gasteiger partial charge in [0.1, 0.15) is 0 Å². The van der Waals surface area contributed by atoms with Crippen molar-refractivity contribution in [3.05, 3.63) is 24.3 Å². The van der Waals surface area contributed by atoms with E-state index in [0.29, 0.717) is 18.9 Å². The van der Waals surface area contributed by atoms with E-state index in [2.05, 4.69) is 4.99 Å². The van der Waals surface area contributed by atoms with Gasteiger partial charge in [0.25, 0.3) is 0 Å². The Morgan fingerprint density at radius 2 is 2.00 bits per heavy atom. The van der Waals surface area contributed by atoms with Crippen LogP contribution in [0.1, 0.15) is 13.8 Å². The van der Waals surface area contributed by atoms with E-state index in [1.165, 1.54) is 6.08 Å². The van der Waals surface area contributed by atoms with Crippen molar-refractivity contribution < 1.29 is 13.6 Å². The fourth-order valence-electron chi connectivity index (χ4n) is 1.23. The molecule has 0 N–H and O–H groups in total. The smallest absolute Gasteiger partial charge is 0.390 e. The molecule has 4 nitrogen and oxygen atoms in total. The summed E-state index contributed by atoms with van der Waals surface area (Å²) in [7, 11) is -1.45. The minimum atomic E-state index is -1.45. The summed E-state index contributed by atoms with van der Waals surface area (Å²) in [5.74, 6) is 0. The first-order valence-electron chi connectivity index (χ1n) is 5.12. The number of nitrogens with zero attached hydrogens (tertiary/aromatic N) is 1. The Balaban J connectivity index is 2.89. The largest absolute Gasteiger partial charge is 0.423 e. The van der Waals surface area contributed by atoms with Crippen molar-refractivity contribution in [2.24, 2.45) is 4.99 Å². The molecule has 85 valence electrons. The Morgan fingerprint density at radius 1 is 1.31 bits per heavy atom. The number of hydrogen-bond acceptors (Lipinski definition) is 4. The molecule has 1 radical (unpaired) electrons. The van der Waals surface area contributed by atoms with Gasteiger partial charge in [0.2, 0.25) is 6.08 Å². The maximum Gasteiger partial charge on any atom is 0.423 e. The SMILES string of the molecule is CCO[Si](OCC)c1cccc(N=C=O)c1. The van der Waals surface area contributed by atoms with Crippen molar-refractivity contribution in [3.8, 4) is 0 Å². The van der Waals surface area contributed by atoms with Crippen molar-refractivity contribution in [2.75, 3.05) is 13.2 Å². The zero-order chi connectivity index (χ0) is 11.8. The summed E-state index contributed by atoms with van der Waals surface area (Å²) in [4.78, 5) is 13.7. The second-order valence-corrected chi connectivity index (χ2v) is 4.64. The first-order valence-corrected chi connectivity index (χ1v) is 6.44. The molecule has 0 saturated carbocycles. The maximum atomic E-state index is 10.2. The summed E-state index contributed by atoms with van der Waals surface area (Å²) in [6.45, 7) is 5.07. The predicted octanol–water partition coefficient (Wildman–Crippen LogP) is 1.42. The van der Waals surface area contributed by atoms with Gasteiger partial charge in [-0.1, -0.05) is 12.1 Å². The molecule has 0 fully saturated rings. The number of isocyanates is 1. The lowest BCUT2D eigenvalue weighted by molar-refractivity contribution is 0.225. The fraction of sp³-hybridized carbons (Fsp3) is 0.364. The second kappa shape index (κ2) is 7.08. The fourth-order valence-corrected chi connectivity index (χ4v) is 2.66. The van der Waals surface area contributed by atoms with Gasteiger partial charge in [0.05, 0.1) is 5.69 Å². The molecule has 0 bridgehead atoms. The van der Waals surface area contributed by atoms with E-state index in [-0.39, 0.29) is 0 Å². The summed E-state index contributed by atoms with van der Waals surface area (Å²) in [6, 6.07) is 7.29. The molecule has 0 amide bonds. The molecule has 0 spiro atoms. The molecular formula is C11H14NO3Si. The van der Waals surface area contributed by atoms with Gasteiger partial charge in [-0.2, -0.15) is 4.99 Å². The molecule has 0 unspecified atom stereocenters. The van der Waals surface area contributed by atoms with Gasteiger partial charge in [-0.3, -0.25) is 0 Å². The summed E-state index contributed by atoms with van der Waals surface area (Å²) in [6.07, 6.45) is 1.52. The average molecular weight is 236 g/mol. The molecule has 16 heavy (non-hydrogen) atoms. The first kappa shape index (κ1) is 12.8. The number of carbonyl (C=O) groups excluding carboxylic acids is 1. The van der Waals surface area contributed by atoms with Gasteiger partial charge in [-0.25, -0.2) is 4.79 Å². The van der Waals surface area contributed by atoms with Crippen LogP contribution in [0.15, 0.2) is 29.3 Å². The van der Waals surface area contributed by atoms with Gasteiger partial charge in [0, 0.05) is 13.2 Å². The van der Waals surface area contributed by atoms with Crippen LogP contribution in [0.4, 0.5) is 5.69 Å². The standard InChI is InChI=1S/C11H14NO3Si/c1-3-14-16(15-4-2)11-7-5-6-10(8-11)12-9-13/h5-8H,3-4H2,1-2H3. The van der Waals surface area contributed by atoms with Gasteiger partial charge in [0.15, 0.2) is 0 Å². The van der Waals surface area contributed by atoms with E-state index in [9.17, 15) is 4.79 Å². The van der Waals surface area contributed by atoms with Crippen LogP contribution in [-0.4, -0.2) is 28.6 Å². The molecule has 0 aliphatic carbocycles. The van der Waals surface area contributed by atoms with E-state index in [4.69, 9.17) is 8.85 Å². The topological polar surface area (TPSA) is 47.9 Å². The first-order chi connectivity index (χ1) is 7.81. The normalized spacial score (nSPS) is 10.2. The highest BCUT2D eigenvalue weighted by atomic mass is 28.3. The van der Waals surface area contributed by atoms with Crippen LogP contribution in [0, 0.1) is 0 Å². The molecule has 1 rings (SSSR count). The molecule has 1 aromatic rings. The van der Waals surface area contributed by atoms with Gasteiger partial charge in [-0.05, 0) is 31.2 Å². The molecule has 1 aromatic carbocycles. The number of benzene rings is 1. The zero-order valence-corrected chi connectivity index (χ0v) is 10.4. The Morgan fingerprint density at radius 3 is 2.56 bits per heavy atom.